The van der Waals surface area contributed by atoms with E-state index in [0.29, 0.717) is 17.9 Å². The third-order valence-electron chi connectivity index (χ3n) is 3.86. The van der Waals surface area contributed by atoms with E-state index in [-0.39, 0.29) is 11.9 Å². The van der Waals surface area contributed by atoms with Gasteiger partial charge in [-0.3, -0.25) is 4.79 Å². The van der Waals surface area contributed by atoms with E-state index in [2.05, 4.69) is 5.32 Å². The fraction of sp³-hybridized carbons (Fsp3) is 0.235. The Balaban J connectivity index is 1.78. The first-order chi connectivity index (χ1) is 10.2. The molecule has 0 fully saturated rings. The van der Waals surface area contributed by atoms with E-state index in [4.69, 9.17) is 11.6 Å². The molecule has 21 heavy (non-hydrogen) atoms. The molecule has 2 aromatic rings. The van der Waals surface area contributed by atoms with Crippen LogP contribution in [0.5, 0.6) is 0 Å². The highest BCUT2D eigenvalue weighted by Gasteiger charge is 2.31. The highest BCUT2D eigenvalue weighted by molar-refractivity contribution is 6.17. The van der Waals surface area contributed by atoms with Crippen molar-refractivity contribution >= 4 is 17.5 Å². The van der Waals surface area contributed by atoms with Crippen molar-refractivity contribution in [1.82, 2.24) is 5.32 Å². The van der Waals surface area contributed by atoms with Gasteiger partial charge in [-0.05, 0) is 28.8 Å². The second-order valence-corrected chi connectivity index (χ2v) is 5.52. The minimum absolute atomic E-state index is 0.183. The maximum atomic E-state index is 12.3. The van der Waals surface area contributed by atoms with Gasteiger partial charge in [-0.2, -0.15) is 0 Å². The highest BCUT2D eigenvalue weighted by Crippen LogP contribution is 2.31. The molecule has 0 spiro atoms. The predicted octanol–water partition coefficient (Wildman–Crippen LogP) is 2.81. The number of aliphatic hydroxyl groups is 1. The molecule has 2 aromatic carbocycles. The van der Waals surface area contributed by atoms with Crippen molar-refractivity contribution in [2.45, 2.75) is 24.4 Å². The smallest absolute Gasteiger partial charge is 0.251 e. The lowest BCUT2D eigenvalue weighted by Crippen LogP contribution is -2.33. The molecule has 2 atom stereocenters. The van der Waals surface area contributed by atoms with Gasteiger partial charge in [0.05, 0.1) is 12.1 Å². The quantitative estimate of drug-likeness (QED) is 0.857. The molecule has 1 aliphatic carbocycles. The minimum Gasteiger partial charge on any atom is -0.390 e. The topological polar surface area (TPSA) is 49.3 Å². The van der Waals surface area contributed by atoms with Gasteiger partial charge in [0, 0.05) is 17.9 Å². The lowest BCUT2D eigenvalue weighted by molar-refractivity contribution is 0.0858. The van der Waals surface area contributed by atoms with Gasteiger partial charge in [0.15, 0.2) is 0 Å². The molecule has 4 heteroatoms. The van der Waals surface area contributed by atoms with Crippen LogP contribution in [0.4, 0.5) is 0 Å². The minimum atomic E-state index is -0.575. The summed E-state index contributed by atoms with van der Waals surface area (Å²) in [4.78, 5) is 12.3. The molecule has 1 amide bonds. The molecule has 1 aliphatic rings. The van der Waals surface area contributed by atoms with Crippen LogP contribution in [0.2, 0.25) is 0 Å². The predicted molar refractivity (Wildman–Crippen MR) is 82.4 cm³/mol. The number of nitrogens with one attached hydrogen (secondary N) is 1. The van der Waals surface area contributed by atoms with Gasteiger partial charge in [0.2, 0.25) is 0 Å². The Morgan fingerprint density at radius 1 is 1.19 bits per heavy atom. The molecular formula is C17H16ClNO2. The molecule has 108 valence electrons. The monoisotopic (exact) mass is 301 g/mol. The number of halogens is 1. The Labute approximate surface area is 128 Å². The first-order valence-corrected chi connectivity index (χ1v) is 7.44. The summed E-state index contributed by atoms with van der Waals surface area (Å²) in [5.74, 6) is 0.244. The van der Waals surface area contributed by atoms with Gasteiger partial charge in [0.25, 0.3) is 5.91 Å². The van der Waals surface area contributed by atoms with Crippen molar-refractivity contribution in [3.8, 4) is 0 Å². The van der Waals surface area contributed by atoms with E-state index in [0.717, 1.165) is 16.7 Å². The molecule has 0 aromatic heterocycles. The van der Waals surface area contributed by atoms with Crippen LogP contribution in [0.25, 0.3) is 0 Å². The SMILES string of the molecule is O=C(N[C@H]1c2ccccc2C[C@H]1O)c1ccc(CCl)cc1. The van der Waals surface area contributed by atoms with Crippen molar-refractivity contribution in [2.75, 3.05) is 0 Å². The summed E-state index contributed by atoms with van der Waals surface area (Å²) < 4.78 is 0. The van der Waals surface area contributed by atoms with E-state index in [9.17, 15) is 9.90 Å². The normalized spacial score (nSPS) is 20.1. The van der Waals surface area contributed by atoms with Crippen LogP contribution in [0.15, 0.2) is 48.5 Å². The Morgan fingerprint density at radius 3 is 2.62 bits per heavy atom. The van der Waals surface area contributed by atoms with Gasteiger partial charge in [0.1, 0.15) is 0 Å². The number of amides is 1. The molecule has 0 saturated carbocycles. The number of hydrogen-bond acceptors (Lipinski definition) is 2. The van der Waals surface area contributed by atoms with E-state index in [1.54, 1.807) is 12.1 Å². The van der Waals surface area contributed by atoms with Gasteiger partial charge < -0.3 is 10.4 Å². The van der Waals surface area contributed by atoms with Gasteiger partial charge >= 0.3 is 0 Å². The third kappa shape index (κ3) is 2.80. The summed E-state index contributed by atoms with van der Waals surface area (Å²) in [6, 6.07) is 14.6. The fourth-order valence-corrected chi connectivity index (χ4v) is 2.90. The average Bonchev–Trinajstić information content (AvgIpc) is 2.83. The molecule has 3 nitrogen and oxygen atoms in total. The molecule has 3 rings (SSSR count). The molecule has 2 N–H and O–H groups in total. The lowest BCUT2D eigenvalue weighted by atomic mass is 10.1. The van der Waals surface area contributed by atoms with Crippen molar-refractivity contribution in [3.05, 3.63) is 70.8 Å². The largest absolute Gasteiger partial charge is 0.390 e. The Hall–Kier alpha value is -1.84. The zero-order valence-corrected chi connectivity index (χ0v) is 12.2. The van der Waals surface area contributed by atoms with Crippen LogP contribution in [0.1, 0.15) is 33.1 Å². The van der Waals surface area contributed by atoms with E-state index in [1.807, 2.05) is 36.4 Å². The summed E-state index contributed by atoms with van der Waals surface area (Å²) >= 11 is 5.74. The maximum absolute atomic E-state index is 12.3. The number of aliphatic hydroxyl groups excluding tert-OH is 1. The van der Waals surface area contributed by atoms with E-state index >= 15 is 0 Å². The van der Waals surface area contributed by atoms with Crippen molar-refractivity contribution in [1.29, 1.82) is 0 Å². The summed E-state index contributed by atoms with van der Waals surface area (Å²) in [6.45, 7) is 0. The zero-order valence-electron chi connectivity index (χ0n) is 11.4. The number of rotatable bonds is 3. The molecule has 0 saturated heterocycles. The second kappa shape index (κ2) is 5.88. The lowest BCUT2D eigenvalue weighted by Gasteiger charge is -2.18. The van der Waals surface area contributed by atoms with Crippen LogP contribution < -0.4 is 5.32 Å². The average molecular weight is 302 g/mol. The van der Waals surface area contributed by atoms with Gasteiger partial charge in [-0.25, -0.2) is 0 Å². The summed E-state index contributed by atoms with van der Waals surface area (Å²) in [5, 5.41) is 13.1. The standard InChI is InChI=1S/C17H16ClNO2/c18-10-11-5-7-12(8-6-11)17(21)19-16-14-4-2-1-3-13(14)9-15(16)20/h1-8,15-16,20H,9-10H2,(H,19,21)/t15-,16+/m1/s1. The third-order valence-corrected chi connectivity index (χ3v) is 4.17. The fourth-order valence-electron chi connectivity index (χ4n) is 2.72. The molecular weight excluding hydrogens is 286 g/mol. The van der Waals surface area contributed by atoms with Crippen LogP contribution in [-0.2, 0) is 12.3 Å². The summed E-state index contributed by atoms with van der Waals surface area (Å²) in [7, 11) is 0. The molecule has 0 unspecified atom stereocenters. The van der Waals surface area contributed by atoms with E-state index in [1.165, 1.54) is 0 Å². The first kappa shape index (κ1) is 14.1. The van der Waals surface area contributed by atoms with E-state index < -0.39 is 6.10 Å². The number of hydrogen-bond donors (Lipinski definition) is 2. The molecule has 0 aliphatic heterocycles. The van der Waals surface area contributed by atoms with Crippen LogP contribution in [-0.4, -0.2) is 17.1 Å². The van der Waals surface area contributed by atoms with Crippen molar-refractivity contribution in [2.24, 2.45) is 0 Å². The zero-order chi connectivity index (χ0) is 14.8. The number of carbonyl (C=O) groups is 1. The van der Waals surface area contributed by atoms with Crippen molar-refractivity contribution in [3.63, 3.8) is 0 Å². The van der Waals surface area contributed by atoms with Crippen LogP contribution in [0.3, 0.4) is 0 Å². The first-order valence-electron chi connectivity index (χ1n) is 6.90. The second-order valence-electron chi connectivity index (χ2n) is 5.25. The van der Waals surface area contributed by atoms with Crippen LogP contribution in [0, 0.1) is 0 Å². The van der Waals surface area contributed by atoms with Gasteiger partial charge in [-0.1, -0.05) is 36.4 Å². The number of alkyl halides is 1. The van der Waals surface area contributed by atoms with Crippen LogP contribution >= 0.6 is 11.6 Å². The highest BCUT2D eigenvalue weighted by atomic mass is 35.5. The molecule has 0 heterocycles. The Bertz CT molecular complexity index is 654. The number of fused-ring (bicyclic) bond motifs is 1. The molecule has 0 bridgehead atoms. The Morgan fingerprint density at radius 2 is 1.90 bits per heavy atom. The number of benzene rings is 2. The van der Waals surface area contributed by atoms with Gasteiger partial charge in [-0.15, -0.1) is 11.6 Å². The number of carbonyl (C=O) groups excluding carboxylic acids is 1. The summed E-state index contributed by atoms with van der Waals surface area (Å²) in [5.41, 5.74) is 3.63. The summed E-state index contributed by atoms with van der Waals surface area (Å²) in [6.07, 6.45) is 0.000205. The maximum Gasteiger partial charge on any atom is 0.251 e. The van der Waals surface area contributed by atoms with Crippen molar-refractivity contribution < 1.29 is 9.90 Å². The Kier molecular flexibility index (Phi) is 3.95. The molecule has 0 radical (unpaired) electrons.